The molecule has 3 aromatic rings. The number of ether oxygens (including phenoxy) is 1. The highest BCUT2D eigenvalue weighted by molar-refractivity contribution is 5.89. The summed E-state index contributed by atoms with van der Waals surface area (Å²) < 4.78 is 19.7. The fourth-order valence-corrected chi connectivity index (χ4v) is 2.85. The Morgan fingerprint density at radius 1 is 1.12 bits per heavy atom. The minimum atomic E-state index is -0.306. The molecule has 1 atom stereocenters. The molecule has 3 rings (SSSR count). The molecule has 1 unspecified atom stereocenters. The average molecular weight is 325 g/mol. The van der Waals surface area contributed by atoms with E-state index in [4.69, 9.17) is 4.74 Å². The molecule has 4 nitrogen and oxygen atoms in total. The molecule has 0 aliphatic carbocycles. The van der Waals surface area contributed by atoms with Gasteiger partial charge in [-0.05, 0) is 37.1 Å². The number of para-hydroxylation sites is 1. The minimum absolute atomic E-state index is 0.110. The van der Waals surface area contributed by atoms with Gasteiger partial charge >= 0.3 is 0 Å². The van der Waals surface area contributed by atoms with Crippen molar-refractivity contribution in [3.8, 4) is 5.75 Å². The Kier molecular flexibility index (Phi) is 4.60. The van der Waals surface area contributed by atoms with Crippen LogP contribution in [-0.2, 0) is 6.42 Å². The number of fused-ring (bicyclic) bond motifs is 1. The lowest BCUT2D eigenvalue weighted by atomic mass is 10.0. The van der Waals surface area contributed by atoms with Crippen LogP contribution in [0.2, 0.25) is 0 Å². The molecule has 5 heteroatoms. The van der Waals surface area contributed by atoms with E-state index in [0.717, 1.165) is 17.7 Å². The lowest BCUT2D eigenvalue weighted by Crippen LogP contribution is -2.32. The lowest BCUT2D eigenvalue weighted by molar-refractivity contribution is 0.408. The van der Waals surface area contributed by atoms with Crippen LogP contribution in [0.1, 0.15) is 12.5 Å². The molecular formula is C19H20FN3O. The average Bonchev–Trinajstić information content (AvgIpc) is 2.61. The number of nitrogens with zero attached hydrogens (tertiary/aromatic N) is 3. The first-order valence-corrected chi connectivity index (χ1v) is 7.85. The number of hydrogen-bond acceptors (Lipinski definition) is 4. The first kappa shape index (κ1) is 16.2. The van der Waals surface area contributed by atoms with Crippen LogP contribution in [0.15, 0.2) is 48.8 Å². The van der Waals surface area contributed by atoms with Gasteiger partial charge in [0.15, 0.2) is 0 Å². The van der Waals surface area contributed by atoms with Gasteiger partial charge < -0.3 is 9.64 Å². The molecule has 0 spiro atoms. The van der Waals surface area contributed by atoms with E-state index in [1.807, 2.05) is 36.2 Å². The Morgan fingerprint density at radius 3 is 2.71 bits per heavy atom. The van der Waals surface area contributed by atoms with E-state index in [1.54, 1.807) is 19.2 Å². The molecule has 0 saturated carbocycles. The molecule has 0 fully saturated rings. The second kappa shape index (κ2) is 6.83. The molecule has 24 heavy (non-hydrogen) atoms. The smallest absolute Gasteiger partial charge is 0.142 e. The van der Waals surface area contributed by atoms with Gasteiger partial charge in [0, 0.05) is 13.1 Å². The SMILES string of the molecule is COc1ccccc1CC(C)N(C)c1ncnc2cccc(F)c12. The van der Waals surface area contributed by atoms with Gasteiger partial charge in [-0.3, -0.25) is 0 Å². The predicted molar refractivity (Wildman–Crippen MR) is 94.1 cm³/mol. The third-order valence-corrected chi connectivity index (χ3v) is 4.30. The maximum atomic E-state index is 14.3. The summed E-state index contributed by atoms with van der Waals surface area (Å²) in [5, 5.41) is 0.453. The van der Waals surface area contributed by atoms with E-state index in [-0.39, 0.29) is 11.9 Å². The van der Waals surface area contributed by atoms with Crippen molar-refractivity contribution >= 4 is 16.7 Å². The number of rotatable bonds is 5. The highest BCUT2D eigenvalue weighted by atomic mass is 19.1. The first-order chi connectivity index (χ1) is 11.6. The Bertz CT molecular complexity index is 848. The third kappa shape index (κ3) is 3.02. The maximum Gasteiger partial charge on any atom is 0.142 e. The number of hydrogen-bond donors (Lipinski definition) is 0. The van der Waals surface area contributed by atoms with Crippen molar-refractivity contribution in [3.05, 3.63) is 60.2 Å². The number of aromatic nitrogens is 2. The zero-order valence-corrected chi connectivity index (χ0v) is 14.0. The van der Waals surface area contributed by atoms with Crippen LogP contribution >= 0.6 is 0 Å². The largest absolute Gasteiger partial charge is 0.496 e. The van der Waals surface area contributed by atoms with Crippen molar-refractivity contribution in [2.24, 2.45) is 0 Å². The van der Waals surface area contributed by atoms with Crippen LogP contribution in [0.3, 0.4) is 0 Å². The molecule has 0 bridgehead atoms. The van der Waals surface area contributed by atoms with E-state index in [2.05, 4.69) is 16.9 Å². The topological polar surface area (TPSA) is 38.2 Å². The number of halogens is 1. The number of anilines is 1. The Hall–Kier alpha value is -2.69. The maximum absolute atomic E-state index is 14.3. The monoisotopic (exact) mass is 325 g/mol. The highest BCUT2D eigenvalue weighted by Crippen LogP contribution is 2.27. The van der Waals surface area contributed by atoms with Gasteiger partial charge in [0.2, 0.25) is 0 Å². The van der Waals surface area contributed by atoms with Gasteiger partial charge in [-0.1, -0.05) is 24.3 Å². The molecule has 0 saturated heterocycles. The van der Waals surface area contributed by atoms with Crippen molar-refractivity contribution in [1.82, 2.24) is 9.97 Å². The summed E-state index contributed by atoms with van der Waals surface area (Å²) >= 11 is 0. The van der Waals surface area contributed by atoms with Crippen molar-refractivity contribution in [2.75, 3.05) is 19.1 Å². The molecule has 1 aromatic heterocycles. The highest BCUT2D eigenvalue weighted by Gasteiger charge is 2.18. The number of likely N-dealkylation sites (N-methyl/N-ethyl adjacent to an activating group) is 1. The van der Waals surface area contributed by atoms with Crippen LogP contribution in [0, 0.1) is 5.82 Å². The number of methoxy groups -OCH3 is 1. The minimum Gasteiger partial charge on any atom is -0.496 e. The van der Waals surface area contributed by atoms with Crippen LogP contribution in [0.4, 0.5) is 10.2 Å². The van der Waals surface area contributed by atoms with E-state index in [9.17, 15) is 4.39 Å². The molecule has 1 heterocycles. The zero-order chi connectivity index (χ0) is 17.1. The summed E-state index contributed by atoms with van der Waals surface area (Å²) in [5.74, 6) is 1.15. The Labute approximate surface area is 140 Å². The van der Waals surface area contributed by atoms with Gasteiger partial charge in [0.05, 0.1) is 18.0 Å². The normalized spacial score (nSPS) is 12.2. The fraction of sp³-hybridized carbons (Fsp3) is 0.263. The second-order valence-electron chi connectivity index (χ2n) is 5.81. The van der Waals surface area contributed by atoms with Gasteiger partial charge in [0.25, 0.3) is 0 Å². The van der Waals surface area contributed by atoms with E-state index >= 15 is 0 Å². The molecular weight excluding hydrogens is 305 g/mol. The van der Waals surface area contributed by atoms with Crippen LogP contribution in [0.5, 0.6) is 5.75 Å². The predicted octanol–water partition coefficient (Wildman–Crippen LogP) is 3.84. The molecule has 2 aromatic carbocycles. The molecule has 0 N–H and O–H groups in total. The van der Waals surface area contributed by atoms with Crippen molar-refractivity contribution in [3.63, 3.8) is 0 Å². The summed E-state index contributed by atoms with van der Waals surface area (Å²) in [5.41, 5.74) is 1.72. The molecule has 0 amide bonds. The molecule has 0 radical (unpaired) electrons. The lowest BCUT2D eigenvalue weighted by Gasteiger charge is -2.27. The van der Waals surface area contributed by atoms with Gasteiger partial charge in [-0.25, -0.2) is 14.4 Å². The van der Waals surface area contributed by atoms with Gasteiger partial charge in [-0.2, -0.15) is 0 Å². The fourth-order valence-electron chi connectivity index (χ4n) is 2.85. The summed E-state index contributed by atoms with van der Waals surface area (Å²) in [4.78, 5) is 10.5. The third-order valence-electron chi connectivity index (χ3n) is 4.30. The van der Waals surface area contributed by atoms with E-state index in [1.165, 1.54) is 12.4 Å². The van der Waals surface area contributed by atoms with Crippen molar-refractivity contribution in [1.29, 1.82) is 0 Å². The van der Waals surface area contributed by atoms with E-state index < -0.39 is 0 Å². The second-order valence-corrected chi connectivity index (χ2v) is 5.81. The van der Waals surface area contributed by atoms with Gasteiger partial charge in [0.1, 0.15) is 23.7 Å². The first-order valence-electron chi connectivity index (χ1n) is 7.85. The standard InChI is InChI=1S/C19H20FN3O/c1-13(11-14-7-4-5-10-17(14)24-3)23(2)19-18-15(20)8-6-9-16(18)21-12-22-19/h4-10,12-13H,11H2,1-3H3. The molecule has 0 aliphatic heterocycles. The Morgan fingerprint density at radius 2 is 1.92 bits per heavy atom. The van der Waals surface area contributed by atoms with Crippen LogP contribution in [0.25, 0.3) is 10.9 Å². The number of benzene rings is 2. The summed E-state index contributed by atoms with van der Waals surface area (Å²) in [6.07, 6.45) is 2.24. The van der Waals surface area contributed by atoms with Gasteiger partial charge in [-0.15, -0.1) is 0 Å². The van der Waals surface area contributed by atoms with Crippen molar-refractivity contribution < 1.29 is 9.13 Å². The van der Waals surface area contributed by atoms with Crippen molar-refractivity contribution in [2.45, 2.75) is 19.4 Å². The van der Waals surface area contributed by atoms with Crippen LogP contribution in [-0.4, -0.2) is 30.2 Å². The summed E-state index contributed by atoms with van der Waals surface area (Å²) in [6.45, 7) is 2.08. The molecule has 124 valence electrons. The quantitative estimate of drug-likeness (QED) is 0.714. The summed E-state index contributed by atoms with van der Waals surface area (Å²) in [6, 6.07) is 12.9. The summed E-state index contributed by atoms with van der Waals surface area (Å²) in [7, 11) is 3.59. The Balaban J connectivity index is 1.93. The van der Waals surface area contributed by atoms with Crippen LogP contribution < -0.4 is 9.64 Å². The van der Waals surface area contributed by atoms with E-state index in [0.29, 0.717) is 16.7 Å². The molecule has 0 aliphatic rings. The zero-order valence-electron chi connectivity index (χ0n) is 14.0.